The van der Waals surface area contributed by atoms with E-state index in [4.69, 9.17) is 21.1 Å². The lowest BCUT2D eigenvalue weighted by Crippen LogP contribution is -2.12. The van der Waals surface area contributed by atoms with Crippen LogP contribution in [0, 0.1) is 0 Å². The number of fused-ring (bicyclic) bond motifs is 1. The van der Waals surface area contributed by atoms with Crippen molar-refractivity contribution in [2.45, 2.75) is 13.8 Å². The number of hydrogen-bond acceptors (Lipinski definition) is 5. The van der Waals surface area contributed by atoms with Crippen molar-refractivity contribution in [1.82, 2.24) is 4.98 Å². The highest BCUT2D eigenvalue weighted by Gasteiger charge is 2.24. The van der Waals surface area contributed by atoms with Crippen LogP contribution in [0.15, 0.2) is 12.1 Å². The third kappa shape index (κ3) is 3.29. The first-order valence-electron chi connectivity index (χ1n) is 6.77. The van der Waals surface area contributed by atoms with Crippen LogP contribution in [0.2, 0.25) is 5.02 Å². The number of rotatable bonds is 4. The highest BCUT2D eigenvalue weighted by atomic mass is 35.5. The maximum Gasteiger partial charge on any atom is 0.356 e. The number of halogens is 1. The molecular formula is C15H15ClN2O5. The molecule has 8 heteroatoms. The van der Waals surface area contributed by atoms with Crippen LogP contribution >= 0.6 is 11.6 Å². The molecule has 122 valence electrons. The number of benzene rings is 1. The Hall–Kier alpha value is -2.54. The Labute approximate surface area is 136 Å². The summed E-state index contributed by atoms with van der Waals surface area (Å²) in [5.74, 6) is -1.70. The number of hydrogen-bond donors (Lipinski definition) is 2. The minimum absolute atomic E-state index is 0.0190. The van der Waals surface area contributed by atoms with Crippen molar-refractivity contribution in [2.75, 3.05) is 19.0 Å². The van der Waals surface area contributed by atoms with Crippen LogP contribution in [0.1, 0.15) is 34.7 Å². The number of carbonyl (C=O) groups excluding carboxylic acids is 3. The Bertz CT molecular complexity index is 797. The number of esters is 2. The summed E-state index contributed by atoms with van der Waals surface area (Å²) in [6.07, 6.45) is 0. The van der Waals surface area contributed by atoms with E-state index in [9.17, 15) is 14.4 Å². The van der Waals surface area contributed by atoms with E-state index >= 15 is 0 Å². The van der Waals surface area contributed by atoms with Crippen LogP contribution in [-0.2, 0) is 14.3 Å². The highest BCUT2D eigenvalue weighted by molar-refractivity contribution is 6.32. The molecule has 0 bridgehead atoms. The molecular weight excluding hydrogens is 324 g/mol. The van der Waals surface area contributed by atoms with E-state index < -0.39 is 17.8 Å². The lowest BCUT2D eigenvalue weighted by molar-refractivity contribution is -0.114. The third-order valence-electron chi connectivity index (χ3n) is 3.05. The normalized spacial score (nSPS) is 10.4. The second-order valence-electron chi connectivity index (χ2n) is 4.64. The van der Waals surface area contributed by atoms with Crippen LogP contribution in [0.5, 0.6) is 0 Å². The zero-order valence-electron chi connectivity index (χ0n) is 12.8. The van der Waals surface area contributed by atoms with Crippen molar-refractivity contribution in [3.8, 4) is 0 Å². The van der Waals surface area contributed by atoms with Gasteiger partial charge < -0.3 is 19.8 Å². The fraction of sp³-hybridized carbons (Fsp3) is 0.267. The number of nitrogens with one attached hydrogen (secondary N) is 2. The molecule has 0 radical (unpaired) electrons. The Morgan fingerprint density at radius 1 is 1.26 bits per heavy atom. The lowest BCUT2D eigenvalue weighted by atomic mass is 10.1. The summed E-state index contributed by atoms with van der Waals surface area (Å²) >= 11 is 6.02. The number of amides is 1. The molecule has 0 aliphatic carbocycles. The van der Waals surface area contributed by atoms with Gasteiger partial charge in [-0.1, -0.05) is 11.6 Å². The molecule has 1 heterocycles. The van der Waals surface area contributed by atoms with Crippen molar-refractivity contribution in [1.29, 1.82) is 0 Å². The first-order valence-corrected chi connectivity index (χ1v) is 7.15. The first-order chi connectivity index (χ1) is 10.9. The minimum atomic E-state index is -0.684. The van der Waals surface area contributed by atoms with Gasteiger partial charge in [0.2, 0.25) is 5.91 Å². The maximum absolute atomic E-state index is 12.2. The van der Waals surface area contributed by atoms with Gasteiger partial charge in [-0.15, -0.1) is 0 Å². The first kappa shape index (κ1) is 16.8. The number of H-pyrrole nitrogens is 1. The fourth-order valence-corrected chi connectivity index (χ4v) is 2.44. The molecule has 0 saturated carbocycles. The molecule has 7 nitrogen and oxygen atoms in total. The summed E-state index contributed by atoms with van der Waals surface area (Å²) in [7, 11) is 1.21. The summed E-state index contributed by atoms with van der Waals surface area (Å²) < 4.78 is 9.70. The topological polar surface area (TPSA) is 97.5 Å². The molecule has 0 aliphatic rings. The van der Waals surface area contributed by atoms with Crippen LogP contribution in [-0.4, -0.2) is 36.5 Å². The standard InChI is InChI=1S/C15H15ClN2O5/c1-4-23-14(20)9-5-8(16)6-10-11(9)12(17-7(2)19)13(18-10)15(21)22-3/h5-6,18H,4H2,1-3H3,(H,17,19). The van der Waals surface area contributed by atoms with Gasteiger partial charge >= 0.3 is 11.9 Å². The van der Waals surface area contributed by atoms with Crippen LogP contribution in [0.4, 0.5) is 5.69 Å². The number of anilines is 1. The molecule has 0 fully saturated rings. The average Bonchev–Trinajstić information content (AvgIpc) is 2.83. The van der Waals surface area contributed by atoms with Crippen LogP contribution < -0.4 is 5.32 Å². The van der Waals surface area contributed by atoms with Crippen molar-refractivity contribution < 1.29 is 23.9 Å². The number of aromatic nitrogens is 1. The van der Waals surface area contributed by atoms with Gasteiger partial charge in [-0.2, -0.15) is 0 Å². The van der Waals surface area contributed by atoms with Gasteiger partial charge in [-0.25, -0.2) is 9.59 Å². The van der Waals surface area contributed by atoms with Crippen molar-refractivity contribution >= 4 is 46.0 Å². The Morgan fingerprint density at radius 2 is 1.96 bits per heavy atom. The van der Waals surface area contributed by atoms with Gasteiger partial charge in [-0.3, -0.25) is 4.79 Å². The number of aromatic amines is 1. The predicted molar refractivity (Wildman–Crippen MR) is 84.9 cm³/mol. The fourth-order valence-electron chi connectivity index (χ4n) is 2.22. The Kier molecular flexibility index (Phi) is 4.90. The van der Waals surface area contributed by atoms with E-state index in [1.165, 1.54) is 26.2 Å². The van der Waals surface area contributed by atoms with Crippen molar-refractivity contribution in [3.63, 3.8) is 0 Å². The summed E-state index contributed by atoms with van der Waals surface area (Å²) in [5.41, 5.74) is 0.721. The molecule has 1 aromatic heterocycles. The number of methoxy groups -OCH3 is 1. The molecule has 0 atom stereocenters. The van der Waals surface area contributed by atoms with Crippen molar-refractivity contribution in [3.05, 3.63) is 28.4 Å². The van der Waals surface area contributed by atoms with Crippen LogP contribution in [0.3, 0.4) is 0 Å². The van der Waals surface area contributed by atoms with Gasteiger partial charge in [0.05, 0.1) is 30.5 Å². The summed E-state index contributed by atoms with van der Waals surface area (Å²) in [6.45, 7) is 3.14. The smallest absolute Gasteiger partial charge is 0.356 e. The molecule has 1 amide bonds. The monoisotopic (exact) mass is 338 g/mol. The molecule has 0 spiro atoms. The number of carbonyl (C=O) groups is 3. The molecule has 0 aliphatic heterocycles. The van der Waals surface area contributed by atoms with Gasteiger partial charge in [-0.05, 0) is 19.1 Å². The molecule has 2 N–H and O–H groups in total. The van der Waals surface area contributed by atoms with Gasteiger partial charge in [0.1, 0.15) is 5.69 Å². The summed E-state index contributed by atoms with van der Waals surface area (Å²) in [6, 6.07) is 2.96. The largest absolute Gasteiger partial charge is 0.464 e. The summed E-state index contributed by atoms with van der Waals surface area (Å²) in [5, 5.41) is 3.17. The minimum Gasteiger partial charge on any atom is -0.464 e. The lowest BCUT2D eigenvalue weighted by Gasteiger charge is -2.08. The SMILES string of the molecule is CCOC(=O)c1cc(Cl)cc2[nH]c(C(=O)OC)c(NC(C)=O)c12. The maximum atomic E-state index is 12.2. The van der Waals surface area contributed by atoms with E-state index in [0.29, 0.717) is 10.9 Å². The molecule has 2 aromatic rings. The van der Waals surface area contributed by atoms with Crippen molar-refractivity contribution in [2.24, 2.45) is 0 Å². The molecule has 2 rings (SSSR count). The molecule has 0 unspecified atom stereocenters. The predicted octanol–water partition coefficient (Wildman–Crippen LogP) is 2.74. The van der Waals surface area contributed by atoms with E-state index in [1.54, 1.807) is 6.92 Å². The highest BCUT2D eigenvalue weighted by Crippen LogP contribution is 2.34. The van der Waals surface area contributed by atoms with Crippen LogP contribution in [0.25, 0.3) is 10.9 Å². The molecule has 23 heavy (non-hydrogen) atoms. The van der Waals surface area contributed by atoms with E-state index in [0.717, 1.165) is 0 Å². The zero-order chi connectivity index (χ0) is 17.1. The van der Waals surface area contributed by atoms with Gasteiger partial charge in [0.25, 0.3) is 0 Å². The second-order valence-corrected chi connectivity index (χ2v) is 5.08. The number of ether oxygens (including phenoxy) is 2. The third-order valence-corrected chi connectivity index (χ3v) is 3.27. The zero-order valence-corrected chi connectivity index (χ0v) is 13.5. The Morgan fingerprint density at radius 3 is 2.52 bits per heavy atom. The van der Waals surface area contributed by atoms with E-state index in [2.05, 4.69) is 10.3 Å². The quantitative estimate of drug-likeness (QED) is 0.835. The summed E-state index contributed by atoms with van der Waals surface area (Å²) in [4.78, 5) is 38.4. The molecule has 1 aromatic carbocycles. The van der Waals surface area contributed by atoms with E-state index in [1.807, 2.05) is 0 Å². The van der Waals surface area contributed by atoms with Gasteiger partial charge in [0, 0.05) is 17.3 Å². The van der Waals surface area contributed by atoms with E-state index in [-0.39, 0.29) is 28.6 Å². The molecule has 0 saturated heterocycles. The average molecular weight is 339 g/mol. The second kappa shape index (κ2) is 6.70. The van der Waals surface area contributed by atoms with Gasteiger partial charge in [0.15, 0.2) is 0 Å². The Balaban J connectivity index is 2.80.